The van der Waals surface area contributed by atoms with Gasteiger partial charge in [0.05, 0.1) is 5.69 Å². The lowest BCUT2D eigenvalue weighted by molar-refractivity contribution is 0.243. The van der Waals surface area contributed by atoms with Gasteiger partial charge in [-0.2, -0.15) is 0 Å². The maximum Gasteiger partial charge on any atom is 0.333 e. The van der Waals surface area contributed by atoms with Crippen molar-refractivity contribution < 1.29 is 9.90 Å². The van der Waals surface area contributed by atoms with E-state index in [0.29, 0.717) is 12.2 Å². The van der Waals surface area contributed by atoms with Crippen molar-refractivity contribution in [2.45, 2.75) is 6.92 Å². The molecule has 14 heavy (non-hydrogen) atoms. The molecule has 0 fully saturated rings. The Kier molecular flexibility index (Phi) is 3.60. The molecule has 5 heteroatoms. The molecule has 0 radical (unpaired) electrons. The molecular formula is C9H13N3O2. The van der Waals surface area contributed by atoms with Crippen LogP contribution in [0, 0.1) is 0 Å². The monoisotopic (exact) mass is 195 g/mol. The second-order valence-electron chi connectivity index (χ2n) is 2.66. The summed E-state index contributed by atoms with van der Waals surface area (Å²) in [7, 11) is 0. The van der Waals surface area contributed by atoms with E-state index >= 15 is 0 Å². The molecule has 0 aliphatic carbocycles. The number of hydrogen-bond donors (Lipinski definition) is 4. The summed E-state index contributed by atoms with van der Waals surface area (Å²) in [5.41, 5.74) is 5.69. The molecule has 0 saturated heterocycles. The zero-order valence-corrected chi connectivity index (χ0v) is 7.87. The van der Waals surface area contributed by atoms with Crippen molar-refractivity contribution in [3.05, 3.63) is 24.3 Å². The van der Waals surface area contributed by atoms with E-state index in [9.17, 15) is 4.79 Å². The van der Waals surface area contributed by atoms with Crippen LogP contribution in [0.15, 0.2) is 24.3 Å². The van der Waals surface area contributed by atoms with Gasteiger partial charge in [-0.3, -0.25) is 10.9 Å². The Morgan fingerprint density at radius 3 is 2.93 bits per heavy atom. The van der Waals surface area contributed by atoms with Crippen LogP contribution in [-0.2, 0) is 0 Å². The van der Waals surface area contributed by atoms with Gasteiger partial charge in [0.15, 0.2) is 0 Å². The first-order valence-corrected chi connectivity index (χ1v) is 4.31. The van der Waals surface area contributed by atoms with Gasteiger partial charge in [-0.25, -0.2) is 4.79 Å². The standard InChI is InChI=1S/C9H13N3O2/c1-2-10-9(14)12-11-7-4-3-5-8(13)6-7/h3-6,11,13H,2H2,1H3,(H2,10,12,14). The minimum atomic E-state index is -0.309. The molecular weight excluding hydrogens is 182 g/mol. The number of benzene rings is 1. The minimum absolute atomic E-state index is 0.146. The molecule has 0 unspecified atom stereocenters. The van der Waals surface area contributed by atoms with Gasteiger partial charge in [0.2, 0.25) is 0 Å². The molecule has 1 rings (SSSR count). The molecule has 0 heterocycles. The summed E-state index contributed by atoms with van der Waals surface area (Å²) < 4.78 is 0. The highest BCUT2D eigenvalue weighted by Crippen LogP contribution is 2.13. The fraction of sp³-hybridized carbons (Fsp3) is 0.222. The van der Waals surface area contributed by atoms with Crippen molar-refractivity contribution in [2.75, 3.05) is 12.0 Å². The molecule has 76 valence electrons. The zero-order chi connectivity index (χ0) is 10.4. The number of carbonyl (C=O) groups is 1. The molecule has 5 nitrogen and oxygen atoms in total. The van der Waals surface area contributed by atoms with Crippen LogP contribution in [0.4, 0.5) is 10.5 Å². The van der Waals surface area contributed by atoms with Crippen molar-refractivity contribution in [3.8, 4) is 5.75 Å². The number of hydrazine groups is 1. The first-order valence-electron chi connectivity index (χ1n) is 4.31. The Hall–Kier alpha value is -1.91. The molecule has 4 N–H and O–H groups in total. The van der Waals surface area contributed by atoms with Crippen molar-refractivity contribution >= 4 is 11.7 Å². The number of aromatic hydroxyl groups is 1. The molecule has 0 atom stereocenters. The zero-order valence-electron chi connectivity index (χ0n) is 7.87. The summed E-state index contributed by atoms with van der Waals surface area (Å²) in [6.45, 7) is 2.39. The number of phenolic OH excluding ortho intramolecular Hbond substituents is 1. The summed E-state index contributed by atoms with van der Waals surface area (Å²) in [6, 6.07) is 6.16. The number of amides is 2. The molecule has 0 aromatic heterocycles. The summed E-state index contributed by atoms with van der Waals surface area (Å²) in [4.78, 5) is 11.0. The normalized spacial score (nSPS) is 9.21. The topological polar surface area (TPSA) is 73.4 Å². The van der Waals surface area contributed by atoms with E-state index in [1.807, 2.05) is 6.92 Å². The van der Waals surface area contributed by atoms with Crippen LogP contribution in [0.25, 0.3) is 0 Å². The molecule has 0 saturated carbocycles. The third kappa shape index (κ3) is 3.22. The predicted molar refractivity (Wildman–Crippen MR) is 53.9 cm³/mol. The fourth-order valence-corrected chi connectivity index (χ4v) is 0.917. The summed E-state index contributed by atoms with van der Waals surface area (Å²) in [5, 5.41) is 11.7. The van der Waals surface area contributed by atoms with Crippen LogP contribution in [-0.4, -0.2) is 17.7 Å². The van der Waals surface area contributed by atoms with Gasteiger partial charge in [-0.05, 0) is 19.1 Å². The van der Waals surface area contributed by atoms with E-state index in [0.717, 1.165) is 0 Å². The molecule has 2 amide bonds. The molecule has 0 bridgehead atoms. The van der Waals surface area contributed by atoms with Gasteiger partial charge in [-0.1, -0.05) is 6.07 Å². The summed E-state index contributed by atoms with van der Waals surface area (Å²) in [5.74, 6) is 0.146. The van der Waals surface area contributed by atoms with E-state index in [-0.39, 0.29) is 11.8 Å². The minimum Gasteiger partial charge on any atom is -0.508 e. The number of hydrogen-bond acceptors (Lipinski definition) is 3. The van der Waals surface area contributed by atoms with E-state index in [1.165, 1.54) is 6.07 Å². The van der Waals surface area contributed by atoms with Crippen LogP contribution < -0.4 is 16.2 Å². The van der Waals surface area contributed by atoms with Crippen LogP contribution in [0.3, 0.4) is 0 Å². The van der Waals surface area contributed by atoms with Crippen LogP contribution in [0.2, 0.25) is 0 Å². The van der Waals surface area contributed by atoms with E-state index in [2.05, 4.69) is 16.2 Å². The van der Waals surface area contributed by atoms with Crippen molar-refractivity contribution in [3.63, 3.8) is 0 Å². The molecule has 1 aromatic carbocycles. The number of carbonyl (C=O) groups excluding carboxylic acids is 1. The summed E-state index contributed by atoms with van der Waals surface area (Å²) in [6.07, 6.45) is 0. The molecule has 0 spiro atoms. The lowest BCUT2D eigenvalue weighted by atomic mass is 10.3. The average molecular weight is 195 g/mol. The Bertz CT molecular complexity index is 315. The molecule has 1 aromatic rings. The lowest BCUT2D eigenvalue weighted by Crippen LogP contribution is -2.38. The largest absolute Gasteiger partial charge is 0.508 e. The van der Waals surface area contributed by atoms with Crippen molar-refractivity contribution in [1.29, 1.82) is 0 Å². The van der Waals surface area contributed by atoms with Crippen LogP contribution in [0.5, 0.6) is 5.75 Å². The second-order valence-corrected chi connectivity index (χ2v) is 2.66. The van der Waals surface area contributed by atoms with Gasteiger partial charge in [0.1, 0.15) is 5.75 Å². The maximum atomic E-state index is 11.0. The highest BCUT2D eigenvalue weighted by molar-refractivity contribution is 5.75. The van der Waals surface area contributed by atoms with E-state index in [4.69, 9.17) is 5.11 Å². The summed E-state index contributed by atoms with van der Waals surface area (Å²) >= 11 is 0. The SMILES string of the molecule is CCNC(=O)NNc1cccc(O)c1. The average Bonchev–Trinajstić information content (AvgIpc) is 2.15. The van der Waals surface area contributed by atoms with Crippen molar-refractivity contribution in [2.24, 2.45) is 0 Å². The number of rotatable bonds is 3. The number of urea groups is 1. The number of anilines is 1. The van der Waals surface area contributed by atoms with Gasteiger partial charge in [0.25, 0.3) is 0 Å². The number of nitrogens with one attached hydrogen (secondary N) is 3. The smallest absolute Gasteiger partial charge is 0.333 e. The number of phenols is 1. The molecule has 0 aliphatic rings. The Balaban J connectivity index is 2.41. The van der Waals surface area contributed by atoms with E-state index < -0.39 is 0 Å². The third-order valence-electron chi connectivity index (χ3n) is 1.50. The highest BCUT2D eigenvalue weighted by atomic mass is 16.3. The van der Waals surface area contributed by atoms with Crippen LogP contribution >= 0.6 is 0 Å². The fourth-order valence-electron chi connectivity index (χ4n) is 0.917. The molecule has 0 aliphatic heterocycles. The lowest BCUT2D eigenvalue weighted by Gasteiger charge is -2.08. The third-order valence-corrected chi connectivity index (χ3v) is 1.50. The van der Waals surface area contributed by atoms with Gasteiger partial charge in [0, 0.05) is 12.6 Å². The highest BCUT2D eigenvalue weighted by Gasteiger charge is 1.96. The Labute approximate surface area is 82.1 Å². The van der Waals surface area contributed by atoms with Gasteiger partial charge >= 0.3 is 6.03 Å². The van der Waals surface area contributed by atoms with Gasteiger partial charge in [-0.15, -0.1) is 0 Å². The Morgan fingerprint density at radius 2 is 2.29 bits per heavy atom. The van der Waals surface area contributed by atoms with Gasteiger partial charge < -0.3 is 10.4 Å². The second kappa shape index (κ2) is 4.96. The first kappa shape index (κ1) is 10.2. The predicted octanol–water partition coefficient (Wildman–Crippen LogP) is 1.04. The first-order chi connectivity index (χ1) is 6.72. The van der Waals surface area contributed by atoms with Crippen LogP contribution in [0.1, 0.15) is 6.92 Å². The Morgan fingerprint density at radius 1 is 1.50 bits per heavy atom. The maximum absolute atomic E-state index is 11.0. The quantitative estimate of drug-likeness (QED) is 0.544. The van der Waals surface area contributed by atoms with Crippen molar-refractivity contribution in [1.82, 2.24) is 10.7 Å². The van der Waals surface area contributed by atoms with E-state index in [1.54, 1.807) is 18.2 Å².